The molecule has 6 nitrogen and oxygen atoms in total. The van der Waals surface area contributed by atoms with E-state index < -0.39 is 0 Å². The van der Waals surface area contributed by atoms with Gasteiger partial charge in [0.25, 0.3) is 0 Å². The van der Waals surface area contributed by atoms with Gasteiger partial charge in [0.05, 0.1) is 6.42 Å². The van der Waals surface area contributed by atoms with Gasteiger partial charge in [-0.05, 0) is 31.9 Å². The Morgan fingerprint density at radius 1 is 1.08 bits per heavy atom. The minimum absolute atomic E-state index is 0.0386. The first-order valence-corrected chi connectivity index (χ1v) is 9.32. The van der Waals surface area contributed by atoms with E-state index in [0.29, 0.717) is 32.6 Å². The van der Waals surface area contributed by atoms with E-state index in [0.717, 1.165) is 22.9 Å². The van der Waals surface area contributed by atoms with E-state index in [9.17, 15) is 9.59 Å². The molecular weight excluding hydrogens is 328 g/mol. The molecule has 0 atom stereocenters. The second kappa shape index (κ2) is 7.81. The van der Waals surface area contributed by atoms with Crippen molar-refractivity contribution in [3.8, 4) is 0 Å². The van der Waals surface area contributed by atoms with Crippen molar-refractivity contribution in [3.63, 3.8) is 0 Å². The molecule has 2 aromatic rings. The van der Waals surface area contributed by atoms with Gasteiger partial charge in [-0.25, -0.2) is 4.79 Å². The molecule has 1 saturated heterocycles. The Kier molecular flexibility index (Phi) is 5.49. The highest BCUT2D eigenvalue weighted by molar-refractivity contribution is 5.89. The molecular formula is C20H28N4O2. The van der Waals surface area contributed by atoms with Crippen molar-refractivity contribution in [2.75, 3.05) is 26.2 Å². The summed E-state index contributed by atoms with van der Waals surface area (Å²) >= 11 is 0. The molecule has 1 N–H and O–H groups in total. The molecule has 0 unspecified atom stereocenters. The molecule has 0 radical (unpaired) electrons. The smallest absolute Gasteiger partial charge is 0.317 e. The molecule has 0 spiro atoms. The van der Waals surface area contributed by atoms with Crippen LogP contribution in [0.15, 0.2) is 30.5 Å². The van der Waals surface area contributed by atoms with Crippen LogP contribution in [0.1, 0.15) is 25.8 Å². The van der Waals surface area contributed by atoms with Crippen LogP contribution in [0.3, 0.4) is 0 Å². The number of urea groups is 1. The summed E-state index contributed by atoms with van der Waals surface area (Å²) < 4.78 is 2.07. The number of rotatable bonds is 3. The number of fused-ring (bicyclic) bond motifs is 1. The maximum Gasteiger partial charge on any atom is 0.317 e. The van der Waals surface area contributed by atoms with Crippen LogP contribution in [0, 0.1) is 0 Å². The van der Waals surface area contributed by atoms with Crippen LogP contribution in [0.2, 0.25) is 0 Å². The molecule has 2 heterocycles. The predicted molar refractivity (Wildman–Crippen MR) is 103 cm³/mol. The van der Waals surface area contributed by atoms with E-state index in [-0.39, 0.29) is 18.0 Å². The normalized spacial score (nSPS) is 15.4. The first-order chi connectivity index (χ1) is 12.5. The van der Waals surface area contributed by atoms with Crippen molar-refractivity contribution in [2.24, 2.45) is 7.05 Å². The third kappa shape index (κ3) is 4.00. The number of aryl methyl sites for hydroxylation is 1. The fraction of sp³-hybridized carbons (Fsp3) is 0.500. The third-order valence-electron chi connectivity index (χ3n) is 4.87. The van der Waals surface area contributed by atoms with Gasteiger partial charge in [-0.2, -0.15) is 0 Å². The number of carbonyl (C=O) groups is 2. The first kappa shape index (κ1) is 18.3. The van der Waals surface area contributed by atoms with Gasteiger partial charge in [0, 0.05) is 56.4 Å². The number of para-hydroxylation sites is 1. The summed E-state index contributed by atoms with van der Waals surface area (Å²) in [5.74, 6) is 0.132. The summed E-state index contributed by atoms with van der Waals surface area (Å²) in [6, 6.07) is 8.24. The SMILES string of the molecule is CC(C)NC(=O)N1CCCN(C(=O)Cc2cn(C)c3ccccc23)CC1. The van der Waals surface area contributed by atoms with E-state index in [1.165, 1.54) is 0 Å². The topological polar surface area (TPSA) is 57.6 Å². The Hall–Kier alpha value is -2.50. The molecule has 0 aliphatic carbocycles. The monoisotopic (exact) mass is 356 g/mol. The number of carbonyl (C=O) groups excluding carboxylic acids is 2. The molecule has 1 aliphatic rings. The summed E-state index contributed by atoms with van der Waals surface area (Å²) in [6.45, 7) is 6.48. The first-order valence-electron chi connectivity index (χ1n) is 9.32. The van der Waals surface area contributed by atoms with Crippen molar-refractivity contribution in [3.05, 3.63) is 36.0 Å². The molecule has 0 bridgehead atoms. The molecule has 3 rings (SSSR count). The summed E-state index contributed by atoms with van der Waals surface area (Å²) in [4.78, 5) is 28.7. The van der Waals surface area contributed by atoms with E-state index in [4.69, 9.17) is 0 Å². The average molecular weight is 356 g/mol. The number of benzene rings is 1. The lowest BCUT2D eigenvalue weighted by atomic mass is 10.1. The van der Waals surface area contributed by atoms with Crippen LogP contribution in [-0.2, 0) is 18.3 Å². The molecule has 0 saturated carbocycles. The molecule has 1 aromatic heterocycles. The van der Waals surface area contributed by atoms with Crippen molar-refractivity contribution >= 4 is 22.8 Å². The van der Waals surface area contributed by atoms with Crippen molar-refractivity contribution in [2.45, 2.75) is 32.7 Å². The Balaban J connectivity index is 1.64. The quantitative estimate of drug-likeness (QED) is 0.918. The zero-order chi connectivity index (χ0) is 18.7. The number of nitrogens with zero attached hydrogens (tertiary/aromatic N) is 3. The highest BCUT2D eigenvalue weighted by Gasteiger charge is 2.23. The van der Waals surface area contributed by atoms with Gasteiger partial charge in [-0.3, -0.25) is 4.79 Å². The zero-order valence-corrected chi connectivity index (χ0v) is 15.9. The second-order valence-electron chi connectivity index (χ2n) is 7.28. The largest absolute Gasteiger partial charge is 0.350 e. The van der Waals surface area contributed by atoms with E-state index in [1.54, 1.807) is 0 Å². The lowest BCUT2D eigenvalue weighted by molar-refractivity contribution is -0.130. The number of aromatic nitrogens is 1. The van der Waals surface area contributed by atoms with E-state index in [2.05, 4.69) is 22.0 Å². The molecule has 3 amide bonds. The number of nitrogens with one attached hydrogen (secondary N) is 1. The van der Waals surface area contributed by atoms with Crippen LogP contribution in [-0.4, -0.2) is 58.5 Å². The summed E-state index contributed by atoms with van der Waals surface area (Å²) in [7, 11) is 2.01. The highest BCUT2D eigenvalue weighted by atomic mass is 16.2. The molecule has 1 aliphatic heterocycles. The standard InChI is InChI=1S/C20H28N4O2/c1-15(2)21-20(26)24-10-6-9-23(11-12-24)19(25)13-16-14-22(3)18-8-5-4-7-17(16)18/h4-5,7-8,14-15H,6,9-13H2,1-3H3,(H,21,26). The van der Waals surface area contributed by atoms with Crippen LogP contribution >= 0.6 is 0 Å². The van der Waals surface area contributed by atoms with Gasteiger partial charge in [-0.15, -0.1) is 0 Å². The fourth-order valence-electron chi connectivity index (χ4n) is 3.55. The van der Waals surface area contributed by atoms with E-state index in [1.807, 2.05) is 49.0 Å². The van der Waals surface area contributed by atoms with Gasteiger partial charge in [-0.1, -0.05) is 18.2 Å². The summed E-state index contributed by atoms with van der Waals surface area (Å²) in [5, 5.41) is 4.06. The minimum atomic E-state index is -0.0386. The number of hydrogen-bond acceptors (Lipinski definition) is 2. The Morgan fingerprint density at radius 3 is 2.54 bits per heavy atom. The molecule has 1 fully saturated rings. The number of amides is 3. The maximum atomic E-state index is 12.8. The highest BCUT2D eigenvalue weighted by Crippen LogP contribution is 2.21. The fourth-order valence-corrected chi connectivity index (χ4v) is 3.55. The zero-order valence-electron chi connectivity index (χ0n) is 15.9. The van der Waals surface area contributed by atoms with Gasteiger partial charge in [0.2, 0.25) is 5.91 Å². The second-order valence-corrected chi connectivity index (χ2v) is 7.28. The molecule has 26 heavy (non-hydrogen) atoms. The van der Waals surface area contributed by atoms with Gasteiger partial charge in [0.15, 0.2) is 0 Å². The van der Waals surface area contributed by atoms with Gasteiger partial charge < -0.3 is 19.7 Å². The van der Waals surface area contributed by atoms with Crippen LogP contribution in [0.5, 0.6) is 0 Å². The van der Waals surface area contributed by atoms with Crippen molar-refractivity contribution < 1.29 is 9.59 Å². The molecule has 6 heteroatoms. The molecule has 1 aromatic carbocycles. The van der Waals surface area contributed by atoms with Crippen molar-refractivity contribution in [1.82, 2.24) is 19.7 Å². The van der Waals surface area contributed by atoms with Crippen LogP contribution < -0.4 is 5.32 Å². The Morgan fingerprint density at radius 2 is 1.77 bits per heavy atom. The Bertz CT molecular complexity index is 796. The number of hydrogen-bond donors (Lipinski definition) is 1. The van der Waals surface area contributed by atoms with Crippen LogP contribution in [0.4, 0.5) is 4.79 Å². The summed E-state index contributed by atoms with van der Waals surface area (Å²) in [5.41, 5.74) is 2.20. The third-order valence-corrected chi connectivity index (χ3v) is 4.87. The lowest BCUT2D eigenvalue weighted by Crippen LogP contribution is -2.45. The lowest BCUT2D eigenvalue weighted by Gasteiger charge is -2.23. The Labute approximate surface area is 154 Å². The predicted octanol–water partition coefficient (Wildman–Crippen LogP) is 2.37. The maximum absolute atomic E-state index is 12.8. The van der Waals surface area contributed by atoms with E-state index >= 15 is 0 Å². The van der Waals surface area contributed by atoms with Gasteiger partial charge >= 0.3 is 6.03 Å². The molecule has 140 valence electrons. The summed E-state index contributed by atoms with van der Waals surface area (Å²) in [6.07, 6.45) is 3.26. The van der Waals surface area contributed by atoms with Crippen molar-refractivity contribution in [1.29, 1.82) is 0 Å². The van der Waals surface area contributed by atoms with Crippen LogP contribution in [0.25, 0.3) is 10.9 Å². The van der Waals surface area contributed by atoms with Gasteiger partial charge in [0.1, 0.15) is 0 Å². The average Bonchev–Trinajstić information content (AvgIpc) is 2.78. The minimum Gasteiger partial charge on any atom is -0.350 e.